The predicted octanol–water partition coefficient (Wildman–Crippen LogP) is 2.85. The van der Waals surface area contributed by atoms with E-state index in [1.165, 1.54) is 26.4 Å². The van der Waals surface area contributed by atoms with Crippen LogP contribution < -0.4 is 20.1 Å². The van der Waals surface area contributed by atoms with Crippen molar-refractivity contribution in [2.24, 2.45) is 0 Å². The highest BCUT2D eigenvalue weighted by Gasteiger charge is 2.25. The summed E-state index contributed by atoms with van der Waals surface area (Å²) in [6.07, 6.45) is 1.40. The molecular formula is C22H24N2O6. The quantitative estimate of drug-likeness (QED) is 0.511. The Labute approximate surface area is 174 Å². The lowest BCUT2D eigenvalue weighted by atomic mass is 10.1. The number of urea groups is 1. The number of ether oxygens (including phenoxy) is 3. The van der Waals surface area contributed by atoms with Crippen molar-refractivity contribution in [3.8, 4) is 11.5 Å². The standard InChI is InChI=1S/C22H24N2O6/c1-4-23-22(27)24-21(26)20(16-8-6-5-7-9-16)30-19(25)13-11-15-10-12-17(28-2)14-18(15)29-3/h5-14,20H,4H2,1-3H3,(H2,23,24,26,27)/b13-11+/t20-/m0/s1. The molecule has 1 atom stereocenters. The molecular weight excluding hydrogens is 388 g/mol. The highest BCUT2D eigenvalue weighted by molar-refractivity contribution is 5.98. The third-order valence-corrected chi connectivity index (χ3v) is 3.99. The predicted molar refractivity (Wildman–Crippen MR) is 111 cm³/mol. The molecule has 0 fully saturated rings. The molecule has 2 aromatic rings. The van der Waals surface area contributed by atoms with Crippen molar-refractivity contribution in [3.63, 3.8) is 0 Å². The zero-order valence-electron chi connectivity index (χ0n) is 17.0. The van der Waals surface area contributed by atoms with Gasteiger partial charge in [-0.2, -0.15) is 0 Å². The molecule has 0 spiro atoms. The lowest BCUT2D eigenvalue weighted by Gasteiger charge is -2.16. The lowest BCUT2D eigenvalue weighted by molar-refractivity contribution is -0.151. The number of methoxy groups -OCH3 is 2. The van der Waals surface area contributed by atoms with Crippen molar-refractivity contribution in [2.45, 2.75) is 13.0 Å². The van der Waals surface area contributed by atoms with Crippen molar-refractivity contribution in [1.29, 1.82) is 0 Å². The van der Waals surface area contributed by atoms with Crippen LogP contribution in [0.15, 0.2) is 54.6 Å². The van der Waals surface area contributed by atoms with Crippen molar-refractivity contribution in [1.82, 2.24) is 10.6 Å². The van der Waals surface area contributed by atoms with Gasteiger partial charge in [-0.3, -0.25) is 10.1 Å². The number of imide groups is 1. The van der Waals surface area contributed by atoms with Gasteiger partial charge in [0.05, 0.1) is 14.2 Å². The first kappa shape index (κ1) is 22.5. The number of hydrogen-bond donors (Lipinski definition) is 2. The maximum atomic E-state index is 12.5. The van der Waals surface area contributed by atoms with E-state index >= 15 is 0 Å². The number of benzene rings is 2. The number of hydrogen-bond acceptors (Lipinski definition) is 6. The summed E-state index contributed by atoms with van der Waals surface area (Å²) in [6, 6.07) is 12.9. The Kier molecular flexibility index (Phi) is 8.43. The second-order valence-corrected chi connectivity index (χ2v) is 6.02. The average Bonchev–Trinajstić information content (AvgIpc) is 2.76. The van der Waals surface area contributed by atoms with Gasteiger partial charge in [0, 0.05) is 29.8 Å². The Bertz CT molecular complexity index is 911. The van der Waals surface area contributed by atoms with E-state index < -0.39 is 24.0 Å². The molecule has 0 aliphatic carbocycles. The number of amides is 3. The second-order valence-electron chi connectivity index (χ2n) is 6.02. The van der Waals surface area contributed by atoms with E-state index in [1.807, 2.05) is 0 Å². The van der Waals surface area contributed by atoms with Crippen LogP contribution in [0.3, 0.4) is 0 Å². The third-order valence-electron chi connectivity index (χ3n) is 3.99. The minimum Gasteiger partial charge on any atom is -0.497 e. The van der Waals surface area contributed by atoms with Crippen LogP contribution in [-0.4, -0.2) is 38.7 Å². The van der Waals surface area contributed by atoms with Crippen LogP contribution in [-0.2, 0) is 14.3 Å². The number of nitrogens with one attached hydrogen (secondary N) is 2. The first-order valence-electron chi connectivity index (χ1n) is 9.22. The van der Waals surface area contributed by atoms with Crippen LogP contribution in [0.1, 0.15) is 24.2 Å². The molecule has 0 unspecified atom stereocenters. The zero-order valence-corrected chi connectivity index (χ0v) is 17.0. The van der Waals surface area contributed by atoms with E-state index in [1.54, 1.807) is 55.5 Å². The molecule has 0 bridgehead atoms. The molecule has 0 aliphatic heterocycles. The highest BCUT2D eigenvalue weighted by atomic mass is 16.5. The Morgan fingerprint density at radius 2 is 1.77 bits per heavy atom. The van der Waals surface area contributed by atoms with Gasteiger partial charge in [-0.05, 0) is 25.1 Å². The zero-order chi connectivity index (χ0) is 21.9. The van der Waals surface area contributed by atoms with Crippen LogP contribution in [0.4, 0.5) is 4.79 Å². The molecule has 158 valence electrons. The number of carbonyl (C=O) groups excluding carboxylic acids is 3. The number of carbonyl (C=O) groups is 3. The minimum atomic E-state index is -1.29. The molecule has 3 amide bonds. The molecule has 0 saturated heterocycles. The number of esters is 1. The molecule has 2 rings (SSSR count). The van der Waals surface area contributed by atoms with Crippen molar-refractivity contribution < 1.29 is 28.6 Å². The van der Waals surface area contributed by atoms with Crippen molar-refractivity contribution >= 4 is 24.0 Å². The Hall–Kier alpha value is -3.81. The largest absolute Gasteiger partial charge is 0.497 e. The third kappa shape index (κ3) is 6.37. The summed E-state index contributed by atoms with van der Waals surface area (Å²) in [4.78, 5) is 36.6. The highest BCUT2D eigenvalue weighted by Crippen LogP contribution is 2.26. The Balaban J connectivity index is 2.17. The van der Waals surface area contributed by atoms with Crippen LogP contribution in [0, 0.1) is 0 Å². The maximum absolute atomic E-state index is 12.5. The number of rotatable bonds is 8. The van der Waals surface area contributed by atoms with Gasteiger partial charge >= 0.3 is 12.0 Å². The average molecular weight is 412 g/mol. The molecule has 0 radical (unpaired) electrons. The fourth-order valence-electron chi connectivity index (χ4n) is 2.55. The molecule has 2 aromatic carbocycles. The smallest absolute Gasteiger partial charge is 0.331 e. The summed E-state index contributed by atoms with van der Waals surface area (Å²) in [7, 11) is 3.04. The van der Waals surface area contributed by atoms with E-state index in [-0.39, 0.29) is 0 Å². The molecule has 0 aliphatic rings. The van der Waals surface area contributed by atoms with Gasteiger partial charge < -0.3 is 19.5 Å². The summed E-state index contributed by atoms with van der Waals surface area (Å²) in [6.45, 7) is 2.07. The molecule has 8 nitrogen and oxygen atoms in total. The first-order valence-corrected chi connectivity index (χ1v) is 9.22. The van der Waals surface area contributed by atoms with E-state index in [4.69, 9.17) is 14.2 Å². The van der Waals surface area contributed by atoms with Crippen molar-refractivity contribution in [2.75, 3.05) is 20.8 Å². The second kappa shape index (κ2) is 11.3. The Morgan fingerprint density at radius 1 is 1.03 bits per heavy atom. The topological polar surface area (TPSA) is 103 Å². The van der Waals surface area contributed by atoms with E-state index in [2.05, 4.69) is 10.6 Å². The molecule has 30 heavy (non-hydrogen) atoms. The summed E-state index contributed by atoms with van der Waals surface area (Å²) in [5, 5.41) is 4.62. The van der Waals surface area contributed by atoms with Gasteiger partial charge in [0.1, 0.15) is 11.5 Å². The minimum absolute atomic E-state index is 0.349. The molecule has 0 heterocycles. The normalized spacial score (nSPS) is 11.4. The lowest BCUT2D eigenvalue weighted by Crippen LogP contribution is -2.42. The van der Waals surface area contributed by atoms with Crippen LogP contribution >= 0.6 is 0 Å². The van der Waals surface area contributed by atoms with E-state index in [9.17, 15) is 14.4 Å². The van der Waals surface area contributed by atoms with Crippen LogP contribution in [0.25, 0.3) is 6.08 Å². The van der Waals surface area contributed by atoms with E-state index in [0.29, 0.717) is 29.2 Å². The maximum Gasteiger partial charge on any atom is 0.331 e. The van der Waals surface area contributed by atoms with E-state index in [0.717, 1.165) is 0 Å². The monoisotopic (exact) mass is 412 g/mol. The van der Waals surface area contributed by atoms with Gasteiger partial charge in [0.15, 0.2) is 0 Å². The summed E-state index contributed by atoms with van der Waals surface area (Å²) in [5.41, 5.74) is 1.06. The molecule has 8 heteroatoms. The molecule has 0 aromatic heterocycles. The van der Waals surface area contributed by atoms with Gasteiger partial charge in [-0.15, -0.1) is 0 Å². The summed E-state index contributed by atoms with van der Waals surface area (Å²) >= 11 is 0. The van der Waals surface area contributed by atoms with Crippen molar-refractivity contribution in [3.05, 3.63) is 65.7 Å². The SMILES string of the molecule is CCNC(=O)NC(=O)[C@@H](OC(=O)/C=C/c1ccc(OC)cc1OC)c1ccccc1. The Morgan fingerprint density at radius 3 is 2.40 bits per heavy atom. The molecule has 0 saturated carbocycles. The summed E-state index contributed by atoms with van der Waals surface area (Å²) in [5.74, 6) is -0.395. The van der Waals surface area contributed by atoms with Crippen LogP contribution in [0.2, 0.25) is 0 Å². The van der Waals surface area contributed by atoms with Gasteiger partial charge in [-0.25, -0.2) is 9.59 Å². The summed E-state index contributed by atoms with van der Waals surface area (Å²) < 4.78 is 15.8. The fourth-order valence-corrected chi connectivity index (χ4v) is 2.55. The molecule has 2 N–H and O–H groups in total. The fraction of sp³-hybridized carbons (Fsp3) is 0.227. The van der Waals surface area contributed by atoms with Crippen LogP contribution in [0.5, 0.6) is 11.5 Å². The van der Waals surface area contributed by atoms with Gasteiger partial charge in [-0.1, -0.05) is 30.3 Å². The van der Waals surface area contributed by atoms with Gasteiger partial charge in [0.2, 0.25) is 6.10 Å². The first-order chi connectivity index (χ1) is 14.5. The van der Waals surface area contributed by atoms with Gasteiger partial charge in [0.25, 0.3) is 5.91 Å².